The minimum atomic E-state index is -0.272. The molecule has 0 unspecified atom stereocenters. The van der Waals surface area contributed by atoms with Gasteiger partial charge in [0.1, 0.15) is 11.4 Å². The molecule has 2 aromatic carbocycles. The van der Waals surface area contributed by atoms with Gasteiger partial charge in [-0.25, -0.2) is 4.68 Å². The van der Waals surface area contributed by atoms with Crippen molar-refractivity contribution in [3.63, 3.8) is 0 Å². The second-order valence-electron chi connectivity index (χ2n) is 6.39. The molecular formula is C20H21N3. The van der Waals surface area contributed by atoms with Gasteiger partial charge in [0.05, 0.1) is 12.2 Å². The molecule has 2 heterocycles. The molecule has 0 saturated heterocycles. The number of anilines is 1. The lowest BCUT2D eigenvalue weighted by Gasteiger charge is -2.31. The molecule has 23 heavy (non-hydrogen) atoms. The first-order valence-corrected chi connectivity index (χ1v) is 8.03. The van der Waals surface area contributed by atoms with Gasteiger partial charge in [-0.15, -0.1) is 0 Å². The van der Waals surface area contributed by atoms with Crippen molar-refractivity contribution in [2.75, 3.05) is 18.5 Å². The van der Waals surface area contributed by atoms with Crippen LogP contribution in [-0.2, 0) is 5.54 Å². The number of aryl methyl sites for hydroxylation is 1. The predicted molar refractivity (Wildman–Crippen MR) is 94.0 cm³/mol. The highest BCUT2D eigenvalue weighted by molar-refractivity contribution is 5.59. The van der Waals surface area contributed by atoms with Crippen LogP contribution in [0, 0.1) is 13.8 Å². The van der Waals surface area contributed by atoms with E-state index in [4.69, 9.17) is 5.10 Å². The van der Waals surface area contributed by atoms with Gasteiger partial charge in [-0.3, -0.25) is 0 Å². The van der Waals surface area contributed by atoms with Crippen molar-refractivity contribution >= 4 is 5.82 Å². The van der Waals surface area contributed by atoms with Gasteiger partial charge in [0.15, 0.2) is 0 Å². The minimum Gasteiger partial charge on any atom is -0.356 e. The fourth-order valence-electron chi connectivity index (χ4n) is 3.81. The Morgan fingerprint density at radius 1 is 0.870 bits per heavy atom. The van der Waals surface area contributed by atoms with E-state index in [0.29, 0.717) is 0 Å². The first-order valence-electron chi connectivity index (χ1n) is 8.03. The molecule has 3 heteroatoms. The molecule has 0 bridgehead atoms. The summed E-state index contributed by atoms with van der Waals surface area (Å²) in [7, 11) is 2.16. The summed E-state index contributed by atoms with van der Waals surface area (Å²) >= 11 is 0. The summed E-state index contributed by atoms with van der Waals surface area (Å²) in [6.07, 6.45) is 0. The first kappa shape index (κ1) is 14.1. The van der Waals surface area contributed by atoms with Crippen LogP contribution >= 0.6 is 0 Å². The summed E-state index contributed by atoms with van der Waals surface area (Å²) < 4.78 is 2.22. The number of nitrogens with zero attached hydrogens (tertiary/aromatic N) is 3. The zero-order chi connectivity index (χ0) is 16.0. The number of hydrogen-bond acceptors (Lipinski definition) is 2. The molecular weight excluding hydrogens is 282 g/mol. The van der Waals surface area contributed by atoms with E-state index < -0.39 is 0 Å². The highest BCUT2D eigenvalue weighted by atomic mass is 15.5. The van der Waals surface area contributed by atoms with E-state index >= 15 is 0 Å². The van der Waals surface area contributed by atoms with E-state index in [1.165, 1.54) is 22.5 Å². The molecule has 0 N–H and O–H groups in total. The zero-order valence-electron chi connectivity index (χ0n) is 13.8. The van der Waals surface area contributed by atoms with Gasteiger partial charge in [0, 0.05) is 12.6 Å². The average molecular weight is 303 g/mol. The lowest BCUT2D eigenvalue weighted by molar-refractivity contribution is 0.440. The molecule has 0 aliphatic carbocycles. The number of benzene rings is 2. The van der Waals surface area contributed by atoms with Crippen molar-refractivity contribution < 1.29 is 0 Å². The van der Waals surface area contributed by atoms with E-state index in [1.807, 2.05) is 0 Å². The maximum atomic E-state index is 4.92. The number of rotatable bonds is 2. The van der Waals surface area contributed by atoms with Gasteiger partial charge in [-0.05, 0) is 25.0 Å². The molecule has 0 atom stereocenters. The summed E-state index contributed by atoms with van der Waals surface area (Å²) in [5.41, 5.74) is 4.65. The maximum absolute atomic E-state index is 4.92. The molecule has 1 aromatic heterocycles. The Morgan fingerprint density at radius 2 is 1.39 bits per heavy atom. The molecule has 4 rings (SSSR count). The normalized spacial score (nSPS) is 15.7. The Labute approximate surface area is 137 Å². The maximum Gasteiger partial charge on any atom is 0.132 e. The quantitative estimate of drug-likeness (QED) is 0.719. The molecule has 3 aromatic rings. The van der Waals surface area contributed by atoms with Gasteiger partial charge in [-0.2, -0.15) is 5.10 Å². The summed E-state index contributed by atoms with van der Waals surface area (Å²) in [4.78, 5) is 2.33. The minimum absolute atomic E-state index is 0.272. The van der Waals surface area contributed by atoms with Crippen LogP contribution in [0.2, 0.25) is 0 Å². The largest absolute Gasteiger partial charge is 0.356 e. The number of likely N-dealkylation sites (N-methyl/N-ethyl adjacent to an activating group) is 1. The fraction of sp³-hybridized carbons (Fsp3) is 0.250. The zero-order valence-corrected chi connectivity index (χ0v) is 13.8. The van der Waals surface area contributed by atoms with E-state index in [9.17, 15) is 0 Å². The topological polar surface area (TPSA) is 21.1 Å². The second kappa shape index (κ2) is 4.98. The Balaban J connectivity index is 2.06. The van der Waals surface area contributed by atoms with Gasteiger partial charge < -0.3 is 4.90 Å². The molecule has 1 aliphatic heterocycles. The smallest absolute Gasteiger partial charge is 0.132 e. The third kappa shape index (κ3) is 1.86. The average Bonchev–Trinajstić information content (AvgIpc) is 3.05. The van der Waals surface area contributed by atoms with Gasteiger partial charge >= 0.3 is 0 Å². The summed E-state index contributed by atoms with van der Waals surface area (Å²) in [6, 6.07) is 21.4. The van der Waals surface area contributed by atoms with Crippen LogP contribution in [0.3, 0.4) is 0 Å². The lowest BCUT2D eigenvalue weighted by atomic mass is 9.83. The molecule has 3 nitrogen and oxygen atoms in total. The third-order valence-corrected chi connectivity index (χ3v) is 5.02. The van der Waals surface area contributed by atoms with Crippen LogP contribution in [0.25, 0.3) is 0 Å². The molecule has 0 radical (unpaired) electrons. The van der Waals surface area contributed by atoms with E-state index in [2.05, 4.69) is 91.1 Å². The van der Waals surface area contributed by atoms with Crippen molar-refractivity contribution in [1.82, 2.24) is 9.78 Å². The fourth-order valence-corrected chi connectivity index (χ4v) is 3.81. The standard InChI is InChI=1S/C20H21N3/c1-15-16(2)21-23-19(15)22(3)14-20(23,17-10-6-4-7-11-17)18-12-8-5-9-13-18/h4-13H,14H2,1-3H3. The van der Waals surface area contributed by atoms with Crippen LogP contribution in [-0.4, -0.2) is 23.4 Å². The highest BCUT2D eigenvalue weighted by Crippen LogP contribution is 2.44. The van der Waals surface area contributed by atoms with Crippen LogP contribution in [0.5, 0.6) is 0 Å². The van der Waals surface area contributed by atoms with Gasteiger partial charge in [-0.1, -0.05) is 60.7 Å². The van der Waals surface area contributed by atoms with Crippen LogP contribution in [0.15, 0.2) is 60.7 Å². The third-order valence-electron chi connectivity index (χ3n) is 5.02. The van der Waals surface area contributed by atoms with Gasteiger partial charge in [0.25, 0.3) is 0 Å². The number of fused-ring (bicyclic) bond motifs is 1. The molecule has 0 spiro atoms. The Hall–Kier alpha value is -2.55. The summed E-state index contributed by atoms with van der Waals surface area (Å²) in [5.74, 6) is 1.22. The summed E-state index contributed by atoms with van der Waals surface area (Å²) in [6.45, 7) is 5.15. The van der Waals surface area contributed by atoms with Crippen LogP contribution in [0.1, 0.15) is 22.4 Å². The van der Waals surface area contributed by atoms with Crippen molar-refractivity contribution in [2.45, 2.75) is 19.4 Å². The number of hydrogen-bond donors (Lipinski definition) is 0. The molecule has 0 fully saturated rings. The van der Waals surface area contributed by atoms with E-state index in [0.717, 1.165) is 12.2 Å². The molecule has 0 saturated carbocycles. The highest BCUT2D eigenvalue weighted by Gasteiger charge is 2.46. The molecule has 1 aliphatic rings. The first-order chi connectivity index (χ1) is 11.1. The Bertz CT molecular complexity index is 795. The molecule has 0 amide bonds. The number of aromatic nitrogens is 2. The van der Waals surface area contributed by atoms with Crippen molar-refractivity contribution in [3.05, 3.63) is 83.0 Å². The lowest BCUT2D eigenvalue weighted by Crippen LogP contribution is -2.39. The molecule has 116 valence electrons. The Kier molecular flexibility index (Phi) is 3.05. The monoisotopic (exact) mass is 303 g/mol. The Morgan fingerprint density at radius 3 is 1.91 bits per heavy atom. The SMILES string of the molecule is Cc1nn2c(c1C)N(C)CC2(c1ccccc1)c1ccccc1. The predicted octanol–water partition coefficient (Wildman–Crippen LogP) is 3.74. The second-order valence-corrected chi connectivity index (χ2v) is 6.39. The summed E-state index contributed by atoms with van der Waals surface area (Å²) in [5, 5.41) is 4.92. The van der Waals surface area contributed by atoms with Crippen LogP contribution in [0.4, 0.5) is 5.82 Å². The van der Waals surface area contributed by atoms with Crippen molar-refractivity contribution in [2.24, 2.45) is 0 Å². The van der Waals surface area contributed by atoms with Gasteiger partial charge in [0.2, 0.25) is 0 Å². The van der Waals surface area contributed by atoms with E-state index in [1.54, 1.807) is 0 Å². The van der Waals surface area contributed by atoms with E-state index in [-0.39, 0.29) is 5.54 Å². The van der Waals surface area contributed by atoms with Crippen molar-refractivity contribution in [1.29, 1.82) is 0 Å². The van der Waals surface area contributed by atoms with Crippen LogP contribution < -0.4 is 4.90 Å². The van der Waals surface area contributed by atoms with Crippen molar-refractivity contribution in [3.8, 4) is 0 Å².